The molecule has 2 N–H and O–H groups in total. The fraction of sp³-hybridized carbons (Fsp3) is 0.625. The average molecular weight is 333 g/mol. The van der Waals surface area contributed by atoms with Gasteiger partial charge in [0.05, 0.1) is 10.8 Å². The SMILES string of the molecule is C[C@H]1CC[C@@H](C(=O)N2CCCC2)CN1c1ccc([N+](=O)[O-])c(N)n1. The summed E-state index contributed by atoms with van der Waals surface area (Å²) in [6.45, 7) is 4.37. The quantitative estimate of drug-likeness (QED) is 0.668. The van der Waals surface area contributed by atoms with Crippen LogP contribution in [0, 0.1) is 16.0 Å². The third-order valence-electron chi connectivity index (χ3n) is 5.03. The molecule has 24 heavy (non-hydrogen) atoms. The number of hydrogen-bond donors (Lipinski definition) is 1. The molecule has 3 heterocycles. The van der Waals surface area contributed by atoms with Crippen molar-refractivity contribution in [3.05, 3.63) is 22.2 Å². The Morgan fingerprint density at radius 3 is 2.67 bits per heavy atom. The maximum absolute atomic E-state index is 12.7. The van der Waals surface area contributed by atoms with Crippen molar-refractivity contribution in [2.45, 2.75) is 38.6 Å². The van der Waals surface area contributed by atoms with E-state index in [0.717, 1.165) is 38.8 Å². The number of nitrogens with two attached hydrogens (primary N) is 1. The second-order valence-electron chi connectivity index (χ2n) is 6.64. The number of carbonyl (C=O) groups is 1. The summed E-state index contributed by atoms with van der Waals surface area (Å²) in [5, 5.41) is 10.9. The highest BCUT2D eigenvalue weighted by Crippen LogP contribution is 2.30. The van der Waals surface area contributed by atoms with Gasteiger partial charge >= 0.3 is 5.69 Å². The van der Waals surface area contributed by atoms with Gasteiger partial charge < -0.3 is 15.5 Å². The van der Waals surface area contributed by atoms with Crippen LogP contribution in [0.25, 0.3) is 0 Å². The minimum absolute atomic E-state index is 0.0440. The van der Waals surface area contributed by atoms with Crippen molar-refractivity contribution in [1.82, 2.24) is 9.88 Å². The minimum atomic E-state index is -0.536. The van der Waals surface area contributed by atoms with Gasteiger partial charge in [-0.1, -0.05) is 0 Å². The summed E-state index contributed by atoms with van der Waals surface area (Å²) >= 11 is 0. The number of amides is 1. The number of carbonyl (C=O) groups excluding carboxylic acids is 1. The molecule has 2 saturated heterocycles. The zero-order valence-electron chi connectivity index (χ0n) is 13.9. The topological polar surface area (TPSA) is 106 Å². The van der Waals surface area contributed by atoms with Crippen LogP contribution < -0.4 is 10.6 Å². The molecule has 0 unspecified atom stereocenters. The van der Waals surface area contributed by atoms with E-state index in [2.05, 4.69) is 11.9 Å². The molecule has 1 aromatic rings. The van der Waals surface area contributed by atoms with Crippen molar-refractivity contribution in [3.8, 4) is 0 Å². The molecule has 1 aromatic heterocycles. The van der Waals surface area contributed by atoms with Crippen LogP contribution in [0.3, 0.4) is 0 Å². The Bertz CT molecular complexity index is 645. The summed E-state index contributed by atoms with van der Waals surface area (Å²) in [6, 6.07) is 3.23. The second kappa shape index (κ2) is 6.62. The van der Waals surface area contributed by atoms with Crippen molar-refractivity contribution in [1.29, 1.82) is 0 Å². The van der Waals surface area contributed by atoms with Gasteiger partial charge in [0.2, 0.25) is 11.7 Å². The van der Waals surface area contributed by atoms with Gasteiger partial charge in [0.15, 0.2) is 0 Å². The lowest BCUT2D eigenvalue weighted by molar-refractivity contribution is -0.384. The summed E-state index contributed by atoms with van der Waals surface area (Å²) in [5.41, 5.74) is 5.53. The fourth-order valence-electron chi connectivity index (χ4n) is 3.59. The largest absolute Gasteiger partial charge is 0.378 e. The van der Waals surface area contributed by atoms with Gasteiger partial charge in [0, 0.05) is 31.7 Å². The molecule has 2 atom stereocenters. The van der Waals surface area contributed by atoms with Gasteiger partial charge in [0.25, 0.3) is 0 Å². The fourth-order valence-corrected chi connectivity index (χ4v) is 3.59. The number of likely N-dealkylation sites (tertiary alicyclic amines) is 1. The van der Waals surface area contributed by atoms with Gasteiger partial charge in [-0.25, -0.2) is 4.98 Å². The molecule has 0 spiro atoms. The molecular formula is C16H23N5O3. The molecule has 8 heteroatoms. The molecule has 3 rings (SSSR count). The van der Waals surface area contributed by atoms with Gasteiger partial charge in [-0.3, -0.25) is 14.9 Å². The normalized spacial score (nSPS) is 24.2. The summed E-state index contributed by atoms with van der Waals surface area (Å²) in [6.07, 6.45) is 3.93. The molecule has 0 radical (unpaired) electrons. The van der Waals surface area contributed by atoms with Crippen molar-refractivity contribution in [3.63, 3.8) is 0 Å². The first-order valence-electron chi connectivity index (χ1n) is 8.43. The molecule has 130 valence electrons. The smallest absolute Gasteiger partial charge is 0.311 e. The monoisotopic (exact) mass is 333 g/mol. The Morgan fingerprint density at radius 1 is 1.33 bits per heavy atom. The van der Waals surface area contributed by atoms with Crippen molar-refractivity contribution < 1.29 is 9.72 Å². The molecule has 8 nitrogen and oxygen atoms in total. The first kappa shape index (κ1) is 16.5. The van der Waals surface area contributed by atoms with Crippen LogP contribution in [0.4, 0.5) is 17.3 Å². The number of nitrogens with zero attached hydrogens (tertiary/aromatic N) is 4. The number of pyridine rings is 1. The second-order valence-corrected chi connectivity index (χ2v) is 6.64. The first-order valence-corrected chi connectivity index (χ1v) is 8.43. The lowest BCUT2D eigenvalue weighted by Gasteiger charge is -2.39. The molecule has 2 aliphatic rings. The summed E-state index contributed by atoms with van der Waals surface area (Å²) in [5.74, 6) is 0.694. The third kappa shape index (κ3) is 3.13. The molecule has 0 saturated carbocycles. The van der Waals surface area contributed by atoms with Crippen LogP contribution in [-0.4, -0.2) is 46.4 Å². The van der Waals surface area contributed by atoms with E-state index in [0.29, 0.717) is 12.4 Å². The maximum Gasteiger partial charge on any atom is 0.311 e. The molecule has 2 aliphatic heterocycles. The highest BCUT2D eigenvalue weighted by molar-refractivity contribution is 5.80. The zero-order chi connectivity index (χ0) is 17.3. The van der Waals surface area contributed by atoms with Crippen molar-refractivity contribution in [2.75, 3.05) is 30.3 Å². The Hall–Kier alpha value is -2.38. The van der Waals surface area contributed by atoms with Crippen LogP contribution in [0.1, 0.15) is 32.6 Å². The number of piperidine rings is 1. The first-order chi connectivity index (χ1) is 11.5. The lowest BCUT2D eigenvalue weighted by atomic mass is 9.92. The van der Waals surface area contributed by atoms with Crippen LogP contribution >= 0.6 is 0 Å². The third-order valence-corrected chi connectivity index (χ3v) is 5.03. The Morgan fingerprint density at radius 2 is 2.04 bits per heavy atom. The highest BCUT2D eigenvalue weighted by Gasteiger charge is 2.34. The molecule has 0 aromatic carbocycles. The average Bonchev–Trinajstić information content (AvgIpc) is 3.08. The van der Waals surface area contributed by atoms with E-state index < -0.39 is 4.92 Å². The van der Waals surface area contributed by atoms with E-state index in [4.69, 9.17) is 5.73 Å². The summed E-state index contributed by atoms with van der Waals surface area (Å²) in [7, 11) is 0. The Labute approximate surface area is 140 Å². The Kier molecular flexibility index (Phi) is 4.55. The van der Waals surface area contributed by atoms with E-state index in [-0.39, 0.29) is 29.4 Å². The number of rotatable bonds is 3. The lowest BCUT2D eigenvalue weighted by Crippen LogP contribution is -2.48. The van der Waals surface area contributed by atoms with Crippen LogP contribution in [0.2, 0.25) is 0 Å². The van der Waals surface area contributed by atoms with E-state index >= 15 is 0 Å². The number of nitro groups is 1. The predicted molar refractivity (Wildman–Crippen MR) is 90.6 cm³/mol. The van der Waals surface area contributed by atoms with Gasteiger partial charge in [0.1, 0.15) is 5.82 Å². The van der Waals surface area contributed by atoms with Crippen LogP contribution in [0.15, 0.2) is 12.1 Å². The van der Waals surface area contributed by atoms with Crippen molar-refractivity contribution in [2.24, 2.45) is 5.92 Å². The molecular weight excluding hydrogens is 310 g/mol. The molecule has 1 amide bonds. The van der Waals surface area contributed by atoms with Crippen LogP contribution in [0.5, 0.6) is 0 Å². The van der Waals surface area contributed by atoms with E-state index in [1.165, 1.54) is 6.07 Å². The predicted octanol–water partition coefficient (Wildman–Crippen LogP) is 1.80. The van der Waals surface area contributed by atoms with Crippen molar-refractivity contribution >= 4 is 23.2 Å². The number of hydrogen-bond acceptors (Lipinski definition) is 6. The minimum Gasteiger partial charge on any atom is -0.378 e. The number of aromatic nitrogens is 1. The number of nitrogen functional groups attached to an aromatic ring is 1. The summed E-state index contributed by atoms with van der Waals surface area (Å²) < 4.78 is 0. The highest BCUT2D eigenvalue weighted by atomic mass is 16.6. The van der Waals surface area contributed by atoms with Gasteiger partial charge in [-0.05, 0) is 38.7 Å². The van der Waals surface area contributed by atoms with E-state index in [9.17, 15) is 14.9 Å². The molecule has 2 fully saturated rings. The van der Waals surface area contributed by atoms with E-state index in [1.54, 1.807) is 6.07 Å². The summed E-state index contributed by atoms with van der Waals surface area (Å²) in [4.78, 5) is 31.2. The zero-order valence-corrected chi connectivity index (χ0v) is 13.9. The van der Waals surface area contributed by atoms with Gasteiger partial charge in [-0.2, -0.15) is 0 Å². The Balaban J connectivity index is 1.77. The molecule has 0 aliphatic carbocycles. The maximum atomic E-state index is 12.7. The van der Waals surface area contributed by atoms with Crippen LogP contribution in [-0.2, 0) is 4.79 Å². The standard InChI is InChI=1S/C16H23N5O3/c1-11-4-5-12(16(22)19-8-2-3-9-19)10-20(11)14-7-6-13(21(23)24)15(17)18-14/h6-7,11-12H,2-5,8-10H2,1H3,(H2,17,18)/t11-,12+/m0/s1. The van der Waals surface area contributed by atoms with E-state index in [1.807, 2.05) is 9.80 Å². The van der Waals surface area contributed by atoms with Gasteiger partial charge in [-0.15, -0.1) is 0 Å². The number of anilines is 2. The molecule has 0 bridgehead atoms.